The molecule has 2 aromatic rings. The summed E-state index contributed by atoms with van der Waals surface area (Å²) in [4.78, 5) is 0.200. The van der Waals surface area contributed by atoms with Gasteiger partial charge >= 0.3 is 0 Å². The van der Waals surface area contributed by atoms with Crippen LogP contribution in [-0.4, -0.2) is 38.2 Å². The normalized spacial score (nSPS) is 18.9. The SMILES string of the molecule is CCOc1ccc(S(=O)(=O)N2CCSC(c3cc(F)ccc3F)CC2)cc1. The molecule has 0 radical (unpaired) electrons. The lowest BCUT2D eigenvalue weighted by molar-refractivity contribution is 0.340. The van der Waals surface area contributed by atoms with Crippen molar-refractivity contribution in [2.75, 3.05) is 25.4 Å². The predicted molar refractivity (Wildman–Crippen MR) is 103 cm³/mol. The number of hydrogen-bond acceptors (Lipinski definition) is 4. The highest BCUT2D eigenvalue weighted by Gasteiger charge is 2.29. The van der Waals surface area contributed by atoms with E-state index in [1.54, 1.807) is 12.1 Å². The Balaban J connectivity index is 1.75. The second kappa shape index (κ2) is 8.58. The molecule has 0 aliphatic carbocycles. The third kappa shape index (κ3) is 4.62. The fourth-order valence-electron chi connectivity index (χ4n) is 3.02. The van der Waals surface area contributed by atoms with E-state index < -0.39 is 21.7 Å². The Hall–Kier alpha value is -1.64. The van der Waals surface area contributed by atoms with E-state index >= 15 is 0 Å². The monoisotopic (exact) mass is 413 g/mol. The van der Waals surface area contributed by atoms with Gasteiger partial charge in [-0.1, -0.05) is 0 Å². The van der Waals surface area contributed by atoms with Crippen LogP contribution >= 0.6 is 11.8 Å². The van der Waals surface area contributed by atoms with E-state index in [4.69, 9.17) is 4.74 Å². The van der Waals surface area contributed by atoms with Crippen LogP contribution < -0.4 is 4.74 Å². The summed E-state index contributed by atoms with van der Waals surface area (Å²) in [5.41, 5.74) is 0.292. The molecule has 2 aromatic carbocycles. The molecule has 27 heavy (non-hydrogen) atoms. The molecule has 4 nitrogen and oxygen atoms in total. The third-order valence-corrected chi connectivity index (χ3v) is 7.60. The molecule has 1 unspecified atom stereocenters. The van der Waals surface area contributed by atoms with Crippen LogP contribution in [0, 0.1) is 11.6 Å². The molecule has 1 fully saturated rings. The maximum atomic E-state index is 14.1. The molecular formula is C19H21F2NO3S2. The summed E-state index contributed by atoms with van der Waals surface area (Å²) in [5, 5.41) is -0.277. The Morgan fingerprint density at radius 3 is 2.59 bits per heavy atom. The fourth-order valence-corrected chi connectivity index (χ4v) is 5.84. The zero-order valence-electron chi connectivity index (χ0n) is 14.9. The van der Waals surface area contributed by atoms with Crippen molar-refractivity contribution in [2.24, 2.45) is 0 Å². The second-order valence-corrected chi connectivity index (χ2v) is 9.37. The van der Waals surface area contributed by atoms with Crippen molar-refractivity contribution in [3.63, 3.8) is 0 Å². The van der Waals surface area contributed by atoms with Crippen LogP contribution in [0.25, 0.3) is 0 Å². The second-order valence-electron chi connectivity index (χ2n) is 6.12. The van der Waals surface area contributed by atoms with E-state index in [0.717, 1.165) is 12.1 Å². The molecule has 1 aliphatic heterocycles. The lowest BCUT2D eigenvalue weighted by Gasteiger charge is -2.20. The van der Waals surface area contributed by atoms with Gasteiger partial charge in [-0.25, -0.2) is 17.2 Å². The van der Waals surface area contributed by atoms with Gasteiger partial charge in [-0.3, -0.25) is 0 Å². The molecule has 1 heterocycles. The first-order valence-electron chi connectivity index (χ1n) is 8.71. The lowest BCUT2D eigenvalue weighted by atomic mass is 10.1. The van der Waals surface area contributed by atoms with Crippen LogP contribution in [0.4, 0.5) is 8.78 Å². The van der Waals surface area contributed by atoms with Gasteiger partial charge in [0.25, 0.3) is 0 Å². The van der Waals surface area contributed by atoms with E-state index in [0.29, 0.717) is 36.6 Å². The smallest absolute Gasteiger partial charge is 0.243 e. The van der Waals surface area contributed by atoms with Crippen LogP contribution in [0.5, 0.6) is 5.75 Å². The maximum absolute atomic E-state index is 14.1. The fraction of sp³-hybridized carbons (Fsp3) is 0.368. The molecule has 0 spiro atoms. The van der Waals surface area contributed by atoms with Crippen LogP contribution in [0.15, 0.2) is 47.4 Å². The van der Waals surface area contributed by atoms with Crippen molar-refractivity contribution in [3.05, 3.63) is 59.7 Å². The molecular weight excluding hydrogens is 392 g/mol. The summed E-state index contributed by atoms with van der Waals surface area (Å²) in [6, 6.07) is 9.73. The molecule has 0 aromatic heterocycles. The van der Waals surface area contributed by atoms with Gasteiger partial charge in [-0.15, -0.1) is 0 Å². The molecule has 0 N–H and O–H groups in total. The van der Waals surface area contributed by atoms with Gasteiger partial charge in [-0.2, -0.15) is 16.1 Å². The van der Waals surface area contributed by atoms with Crippen molar-refractivity contribution >= 4 is 21.8 Å². The summed E-state index contributed by atoms with van der Waals surface area (Å²) in [6.45, 7) is 2.95. The summed E-state index contributed by atoms with van der Waals surface area (Å²) < 4.78 is 60.1. The first-order chi connectivity index (χ1) is 12.9. The molecule has 1 atom stereocenters. The Morgan fingerprint density at radius 2 is 1.89 bits per heavy atom. The molecule has 1 saturated heterocycles. The van der Waals surface area contributed by atoms with Crippen LogP contribution in [0.1, 0.15) is 24.2 Å². The standard InChI is InChI=1S/C19H21F2NO3S2/c1-2-25-15-4-6-16(7-5-15)27(23,24)22-10-9-19(26-12-11-22)17-13-14(20)3-8-18(17)21/h3-8,13,19H,2,9-12H2,1H3. The summed E-state index contributed by atoms with van der Waals surface area (Å²) >= 11 is 1.45. The summed E-state index contributed by atoms with van der Waals surface area (Å²) in [7, 11) is -3.64. The van der Waals surface area contributed by atoms with Gasteiger partial charge in [0.15, 0.2) is 0 Å². The Kier molecular flexibility index (Phi) is 6.39. The van der Waals surface area contributed by atoms with Gasteiger partial charge < -0.3 is 4.74 Å². The van der Waals surface area contributed by atoms with Crippen molar-refractivity contribution < 1.29 is 21.9 Å². The largest absolute Gasteiger partial charge is 0.494 e. The predicted octanol–water partition coefficient (Wildman–Crippen LogP) is 4.23. The molecule has 0 bridgehead atoms. The number of hydrogen-bond donors (Lipinski definition) is 0. The zero-order valence-corrected chi connectivity index (χ0v) is 16.5. The summed E-state index contributed by atoms with van der Waals surface area (Å²) in [5.74, 6) is 0.174. The number of halogens is 2. The van der Waals surface area contributed by atoms with Crippen molar-refractivity contribution in [3.8, 4) is 5.75 Å². The number of ether oxygens (including phenoxy) is 1. The molecule has 3 rings (SSSR count). The van der Waals surface area contributed by atoms with E-state index in [9.17, 15) is 17.2 Å². The number of sulfonamides is 1. The quantitative estimate of drug-likeness (QED) is 0.736. The Labute approximate surface area is 162 Å². The summed E-state index contributed by atoms with van der Waals surface area (Å²) in [6.07, 6.45) is 0.418. The molecule has 1 aliphatic rings. The first kappa shape index (κ1) is 20.1. The minimum Gasteiger partial charge on any atom is -0.494 e. The number of benzene rings is 2. The van der Waals surface area contributed by atoms with Gasteiger partial charge in [0.1, 0.15) is 17.4 Å². The van der Waals surface area contributed by atoms with Crippen molar-refractivity contribution in [2.45, 2.75) is 23.5 Å². The van der Waals surface area contributed by atoms with Crippen LogP contribution in [-0.2, 0) is 10.0 Å². The number of rotatable bonds is 5. The van der Waals surface area contributed by atoms with Crippen molar-refractivity contribution in [1.82, 2.24) is 4.31 Å². The maximum Gasteiger partial charge on any atom is 0.243 e. The van der Waals surface area contributed by atoms with Gasteiger partial charge in [0, 0.05) is 29.7 Å². The number of thioether (sulfide) groups is 1. The minimum absolute atomic E-state index is 0.200. The highest BCUT2D eigenvalue weighted by Crippen LogP contribution is 2.37. The van der Waals surface area contributed by atoms with E-state index in [-0.39, 0.29) is 16.7 Å². The lowest BCUT2D eigenvalue weighted by Crippen LogP contribution is -2.33. The third-order valence-electron chi connectivity index (χ3n) is 4.38. The Bertz CT molecular complexity index is 888. The highest BCUT2D eigenvalue weighted by atomic mass is 32.2. The zero-order chi connectivity index (χ0) is 19.4. The average Bonchev–Trinajstić information content (AvgIpc) is 2.91. The molecule has 0 amide bonds. The van der Waals surface area contributed by atoms with Crippen molar-refractivity contribution in [1.29, 1.82) is 0 Å². The van der Waals surface area contributed by atoms with Gasteiger partial charge in [-0.05, 0) is 55.8 Å². The average molecular weight is 414 g/mol. The Morgan fingerprint density at radius 1 is 1.15 bits per heavy atom. The minimum atomic E-state index is -3.64. The van der Waals surface area contributed by atoms with E-state index in [1.165, 1.54) is 34.3 Å². The molecule has 8 heteroatoms. The first-order valence-corrected chi connectivity index (χ1v) is 11.2. The van der Waals surface area contributed by atoms with E-state index in [2.05, 4.69) is 0 Å². The van der Waals surface area contributed by atoms with Gasteiger partial charge in [0.2, 0.25) is 10.0 Å². The van der Waals surface area contributed by atoms with Gasteiger partial charge in [0.05, 0.1) is 11.5 Å². The molecule has 0 saturated carbocycles. The number of nitrogens with zero attached hydrogens (tertiary/aromatic N) is 1. The molecule has 146 valence electrons. The van der Waals surface area contributed by atoms with E-state index in [1.807, 2.05) is 6.92 Å². The van der Waals surface area contributed by atoms with Crippen LogP contribution in [0.2, 0.25) is 0 Å². The topological polar surface area (TPSA) is 46.6 Å². The highest BCUT2D eigenvalue weighted by molar-refractivity contribution is 7.99. The van der Waals surface area contributed by atoms with Crippen LogP contribution in [0.3, 0.4) is 0 Å².